The van der Waals surface area contributed by atoms with Crippen molar-refractivity contribution in [1.29, 1.82) is 0 Å². The molecule has 0 aliphatic heterocycles. The second-order valence-corrected chi connectivity index (χ2v) is 12.0. The Bertz CT molecular complexity index is 624. The van der Waals surface area contributed by atoms with Gasteiger partial charge in [-0.05, 0) is 64.2 Å². The van der Waals surface area contributed by atoms with E-state index in [9.17, 15) is 9.59 Å². The number of esters is 1. The van der Waals surface area contributed by atoms with Crippen LogP contribution in [0.2, 0.25) is 0 Å². The molecule has 0 heterocycles. The fourth-order valence-corrected chi connectivity index (χ4v) is 5.26. The highest BCUT2D eigenvalue weighted by molar-refractivity contribution is 5.69. The van der Waals surface area contributed by atoms with Crippen LogP contribution in [0.5, 0.6) is 0 Å². The normalized spacial score (nSPS) is 12.4. The van der Waals surface area contributed by atoms with Crippen LogP contribution in [-0.2, 0) is 14.3 Å². The Balaban J connectivity index is 3.46. The van der Waals surface area contributed by atoms with Crippen molar-refractivity contribution in [3.05, 3.63) is 24.3 Å². The predicted octanol–water partition coefficient (Wildman–Crippen LogP) is 12.1. The third-order valence-electron chi connectivity index (χ3n) is 8.00. The Labute approximate surface area is 255 Å². The van der Waals surface area contributed by atoms with Crippen LogP contribution in [0, 0.1) is 0 Å². The number of ether oxygens (including phenoxy) is 1. The average molecular weight is 577 g/mol. The lowest BCUT2D eigenvalue weighted by Crippen LogP contribution is -2.17. The molecule has 0 spiro atoms. The van der Waals surface area contributed by atoms with Crippen LogP contribution >= 0.6 is 0 Å². The van der Waals surface area contributed by atoms with Crippen molar-refractivity contribution >= 4 is 11.9 Å². The molecular formula is C37H68O4. The molecule has 1 unspecified atom stereocenters. The predicted molar refractivity (Wildman–Crippen MR) is 176 cm³/mol. The number of hydrogen-bond donors (Lipinski definition) is 1. The number of allylic oxidation sites excluding steroid dienone is 4. The number of hydrogen-bond acceptors (Lipinski definition) is 3. The van der Waals surface area contributed by atoms with Gasteiger partial charge in [0, 0.05) is 12.8 Å². The van der Waals surface area contributed by atoms with E-state index in [-0.39, 0.29) is 12.1 Å². The fraction of sp³-hybridized carbons (Fsp3) is 0.838. The number of carboxylic acid groups (broad SMARTS) is 1. The highest BCUT2D eigenvalue weighted by atomic mass is 16.5. The lowest BCUT2D eigenvalue weighted by Gasteiger charge is -2.16. The topological polar surface area (TPSA) is 63.6 Å². The number of carbonyl (C=O) groups is 2. The molecule has 41 heavy (non-hydrogen) atoms. The van der Waals surface area contributed by atoms with Gasteiger partial charge in [-0.25, -0.2) is 0 Å². The van der Waals surface area contributed by atoms with Crippen molar-refractivity contribution in [3.8, 4) is 0 Å². The maximum absolute atomic E-state index is 12.3. The molecule has 0 fully saturated rings. The maximum atomic E-state index is 12.3. The summed E-state index contributed by atoms with van der Waals surface area (Å²) in [5, 5.41) is 8.65. The summed E-state index contributed by atoms with van der Waals surface area (Å²) in [6, 6.07) is 0. The lowest BCUT2D eigenvalue weighted by atomic mass is 10.0. The molecule has 1 N–H and O–H groups in total. The summed E-state index contributed by atoms with van der Waals surface area (Å²) < 4.78 is 5.76. The van der Waals surface area contributed by atoms with Crippen LogP contribution in [0.1, 0.15) is 194 Å². The molecule has 240 valence electrons. The van der Waals surface area contributed by atoms with Gasteiger partial charge in [0.25, 0.3) is 0 Å². The second kappa shape index (κ2) is 32.9. The van der Waals surface area contributed by atoms with Crippen LogP contribution in [0.25, 0.3) is 0 Å². The lowest BCUT2D eigenvalue weighted by molar-refractivity contribution is -0.149. The molecule has 4 nitrogen and oxygen atoms in total. The van der Waals surface area contributed by atoms with E-state index >= 15 is 0 Å². The van der Waals surface area contributed by atoms with Crippen molar-refractivity contribution in [2.24, 2.45) is 0 Å². The molecule has 4 heteroatoms. The quantitative estimate of drug-likeness (QED) is 0.0491. The minimum absolute atomic E-state index is 0.00222. The minimum Gasteiger partial charge on any atom is -0.481 e. The summed E-state index contributed by atoms with van der Waals surface area (Å²) in [7, 11) is 0. The second-order valence-electron chi connectivity index (χ2n) is 12.0. The molecule has 0 saturated heterocycles. The minimum atomic E-state index is -0.674. The van der Waals surface area contributed by atoms with Crippen molar-refractivity contribution < 1.29 is 19.4 Å². The van der Waals surface area contributed by atoms with Crippen LogP contribution in [-0.4, -0.2) is 23.1 Å². The number of unbranched alkanes of at least 4 members (excludes halogenated alkanes) is 20. The van der Waals surface area contributed by atoms with Crippen molar-refractivity contribution in [2.45, 2.75) is 200 Å². The monoisotopic (exact) mass is 577 g/mol. The zero-order valence-corrected chi connectivity index (χ0v) is 27.4. The smallest absolute Gasteiger partial charge is 0.306 e. The van der Waals surface area contributed by atoms with E-state index in [1.54, 1.807) is 0 Å². The van der Waals surface area contributed by atoms with Crippen LogP contribution in [0.15, 0.2) is 24.3 Å². The summed E-state index contributed by atoms with van der Waals surface area (Å²) in [6.45, 7) is 4.38. The van der Waals surface area contributed by atoms with E-state index < -0.39 is 5.97 Å². The van der Waals surface area contributed by atoms with Crippen molar-refractivity contribution in [3.63, 3.8) is 0 Å². The SMILES string of the molecule is CCCCC/C=C\C/C=C\CCCCCCCCCC(=O)OC(CC)CCCCCCCCCCCCCC(=O)O. The van der Waals surface area contributed by atoms with Crippen molar-refractivity contribution in [1.82, 2.24) is 0 Å². The first-order valence-corrected chi connectivity index (χ1v) is 17.8. The van der Waals surface area contributed by atoms with Gasteiger partial charge in [-0.15, -0.1) is 0 Å². The van der Waals surface area contributed by atoms with Gasteiger partial charge in [-0.3, -0.25) is 9.59 Å². The first-order valence-electron chi connectivity index (χ1n) is 17.8. The number of aliphatic carboxylic acids is 1. The Hall–Kier alpha value is -1.58. The van der Waals surface area contributed by atoms with Gasteiger partial charge in [0.1, 0.15) is 6.10 Å². The molecule has 0 aromatic carbocycles. The number of carbonyl (C=O) groups excluding carboxylic acids is 1. The van der Waals surface area contributed by atoms with Crippen LogP contribution in [0.4, 0.5) is 0 Å². The van der Waals surface area contributed by atoms with Crippen LogP contribution < -0.4 is 0 Å². The highest BCUT2D eigenvalue weighted by Gasteiger charge is 2.12. The first kappa shape index (κ1) is 39.4. The Morgan fingerprint density at radius 3 is 1.49 bits per heavy atom. The Kier molecular flexibility index (Phi) is 31.7. The molecule has 0 aliphatic rings. The molecule has 0 rings (SSSR count). The van der Waals surface area contributed by atoms with E-state index in [0.29, 0.717) is 12.8 Å². The third kappa shape index (κ3) is 32.8. The highest BCUT2D eigenvalue weighted by Crippen LogP contribution is 2.16. The molecule has 0 saturated carbocycles. The van der Waals surface area contributed by atoms with Gasteiger partial charge in [-0.2, -0.15) is 0 Å². The van der Waals surface area contributed by atoms with Gasteiger partial charge < -0.3 is 9.84 Å². The molecule has 0 aromatic heterocycles. The zero-order valence-electron chi connectivity index (χ0n) is 27.4. The summed E-state index contributed by atoms with van der Waals surface area (Å²) >= 11 is 0. The molecule has 0 radical (unpaired) electrons. The van der Waals surface area contributed by atoms with Gasteiger partial charge in [0.2, 0.25) is 0 Å². The Morgan fingerprint density at radius 2 is 1.00 bits per heavy atom. The van der Waals surface area contributed by atoms with Gasteiger partial charge in [-0.1, -0.05) is 141 Å². The summed E-state index contributed by atoms with van der Waals surface area (Å²) in [6.07, 6.45) is 41.3. The molecule has 1 atom stereocenters. The zero-order chi connectivity index (χ0) is 30.1. The number of carboxylic acids is 1. The van der Waals surface area contributed by atoms with E-state index in [0.717, 1.165) is 51.4 Å². The molecule has 0 bridgehead atoms. The van der Waals surface area contributed by atoms with Crippen LogP contribution in [0.3, 0.4) is 0 Å². The maximum Gasteiger partial charge on any atom is 0.306 e. The van der Waals surface area contributed by atoms with Gasteiger partial charge >= 0.3 is 11.9 Å². The fourth-order valence-electron chi connectivity index (χ4n) is 5.26. The van der Waals surface area contributed by atoms with E-state index in [1.165, 1.54) is 116 Å². The summed E-state index contributed by atoms with van der Waals surface area (Å²) in [5.41, 5.74) is 0. The number of rotatable bonds is 32. The summed E-state index contributed by atoms with van der Waals surface area (Å²) in [5.74, 6) is -0.672. The largest absolute Gasteiger partial charge is 0.481 e. The first-order chi connectivity index (χ1) is 20.1. The van der Waals surface area contributed by atoms with Gasteiger partial charge in [0.15, 0.2) is 0 Å². The van der Waals surface area contributed by atoms with E-state index in [4.69, 9.17) is 9.84 Å². The third-order valence-corrected chi connectivity index (χ3v) is 8.00. The molecular weight excluding hydrogens is 508 g/mol. The van der Waals surface area contributed by atoms with E-state index in [2.05, 4.69) is 38.2 Å². The summed E-state index contributed by atoms with van der Waals surface area (Å²) in [4.78, 5) is 22.8. The standard InChI is InChI=1S/C37H68O4/c1-3-5-6-7-8-9-10-11-12-13-14-15-19-22-25-28-31-34-37(40)41-35(4-2)32-29-26-23-20-17-16-18-21-24-27-30-33-36(38)39/h8-9,11-12,35H,3-7,10,13-34H2,1-2H3,(H,38,39)/b9-8-,12-11-. The Morgan fingerprint density at radius 1 is 0.561 bits per heavy atom. The molecule has 0 aliphatic carbocycles. The van der Waals surface area contributed by atoms with Crippen molar-refractivity contribution in [2.75, 3.05) is 0 Å². The molecule has 0 aromatic rings. The molecule has 0 amide bonds. The average Bonchev–Trinajstić information content (AvgIpc) is 2.96. The van der Waals surface area contributed by atoms with Gasteiger partial charge in [0.05, 0.1) is 0 Å². The van der Waals surface area contributed by atoms with E-state index in [1.807, 2.05) is 0 Å².